The van der Waals surface area contributed by atoms with Crippen LogP contribution in [0.3, 0.4) is 0 Å². The van der Waals surface area contributed by atoms with Crippen molar-refractivity contribution >= 4 is 10.8 Å². The fraction of sp³-hybridized carbons (Fsp3) is 0.267. The van der Waals surface area contributed by atoms with Crippen LogP contribution in [0.4, 0.5) is 4.39 Å². The Morgan fingerprint density at radius 2 is 2.00 bits per heavy atom. The van der Waals surface area contributed by atoms with Crippen LogP contribution in [0.5, 0.6) is 5.75 Å². The minimum Gasteiger partial charge on any atom is -0.496 e. The van der Waals surface area contributed by atoms with Gasteiger partial charge in [-0.25, -0.2) is 4.39 Å². The fourth-order valence-corrected chi connectivity index (χ4v) is 2.74. The van der Waals surface area contributed by atoms with Crippen LogP contribution in [0.2, 0.25) is 0 Å². The topological polar surface area (TPSA) is 79.8 Å². The van der Waals surface area contributed by atoms with Gasteiger partial charge in [0.25, 0.3) is 0 Å². The number of rotatable bonds is 4. The van der Waals surface area contributed by atoms with Gasteiger partial charge in [-0.1, -0.05) is 0 Å². The van der Waals surface area contributed by atoms with E-state index in [2.05, 4.69) is 0 Å². The Labute approximate surface area is 130 Å². The summed E-state index contributed by atoms with van der Waals surface area (Å²) in [6.45, 7) is 0. The minimum atomic E-state index is -1.14. The summed E-state index contributed by atoms with van der Waals surface area (Å²) in [7, 11) is 1.95. The van der Waals surface area contributed by atoms with Crippen molar-refractivity contribution in [2.75, 3.05) is 13.4 Å². The second-order valence-corrected chi connectivity index (χ2v) is 6.16. The summed E-state index contributed by atoms with van der Waals surface area (Å²) in [5.41, 5.74) is 1.63. The molecule has 1 atom stereocenters. The Balaban J connectivity index is 0.00000242. The van der Waals surface area contributed by atoms with Crippen LogP contribution < -0.4 is 10.3 Å². The molecule has 0 amide bonds. The Morgan fingerprint density at radius 3 is 2.55 bits per heavy atom. The predicted molar refractivity (Wildman–Crippen MR) is 85.0 cm³/mol. The first-order valence-corrected chi connectivity index (χ1v) is 7.98. The van der Waals surface area contributed by atoms with Crippen molar-refractivity contribution in [2.45, 2.75) is 5.75 Å². The lowest BCUT2D eigenvalue weighted by Gasteiger charge is -2.12. The maximum absolute atomic E-state index is 14.0. The third-order valence-electron chi connectivity index (χ3n) is 3.12. The molecule has 22 heavy (non-hydrogen) atoms. The van der Waals surface area contributed by atoms with Gasteiger partial charge in [-0.15, -0.1) is 0 Å². The van der Waals surface area contributed by atoms with Crippen LogP contribution in [0.15, 0.2) is 35.3 Å². The van der Waals surface area contributed by atoms with Crippen LogP contribution in [0.1, 0.15) is 5.56 Å². The number of pyridine rings is 1. The van der Waals surface area contributed by atoms with E-state index in [4.69, 9.17) is 4.74 Å². The number of benzene rings is 1. The highest BCUT2D eigenvalue weighted by molar-refractivity contribution is 7.83. The standard InChI is InChI=1S/C15H16FNO3S.H2O/c1-17-8-10(4-5-15(17)18)12-6-11(9-21(3)19)13(16)7-14(12)20-2;/h4-8H,9H2,1-3H3;1H2. The van der Waals surface area contributed by atoms with Crippen molar-refractivity contribution in [3.8, 4) is 16.9 Å². The predicted octanol–water partition coefficient (Wildman–Crippen LogP) is 1.25. The van der Waals surface area contributed by atoms with Gasteiger partial charge < -0.3 is 14.8 Å². The molecule has 1 aromatic heterocycles. The molecule has 1 heterocycles. The van der Waals surface area contributed by atoms with E-state index < -0.39 is 16.6 Å². The highest BCUT2D eigenvalue weighted by atomic mass is 32.2. The van der Waals surface area contributed by atoms with Crippen molar-refractivity contribution in [2.24, 2.45) is 7.05 Å². The van der Waals surface area contributed by atoms with Crippen LogP contribution in [0.25, 0.3) is 11.1 Å². The Kier molecular flexibility index (Phi) is 6.01. The maximum atomic E-state index is 14.0. The molecule has 2 rings (SSSR count). The second kappa shape index (κ2) is 7.33. The summed E-state index contributed by atoms with van der Waals surface area (Å²) >= 11 is 0. The van der Waals surface area contributed by atoms with Gasteiger partial charge in [-0.3, -0.25) is 9.00 Å². The van der Waals surface area contributed by atoms with E-state index in [0.29, 0.717) is 16.9 Å². The molecule has 2 aromatic rings. The third kappa shape index (κ3) is 3.80. The van der Waals surface area contributed by atoms with Gasteiger partial charge in [0.2, 0.25) is 5.56 Å². The molecule has 0 saturated heterocycles. The Hall–Kier alpha value is -1.99. The van der Waals surface area contributed by atoms with Gasteiger partial charge in [-0.2, -0.15) is 0 Å². The van der Waals surface area contributed by atoms with E-state index in [0.717, 1.165) is 5.56 Å². The first-order chi connectivity index (χ1) is 9.92. The van der Waals surface area contributed by atoms with Crippen LogP contribution in [-0.2, 0) is 23.6 Å². The smallest absolute Gasteiger partial charge is 0.250 e. The monoisotopic (exact) mass is 327 g/mol. The normalized spacial score (nSPS) is 11.6. The average Bonchev–Trinajstić information content (AvgIpc) is 2.43. The largest absolute Gasteiger partial charge is 0.496 e. The molecule has 0 aliphatic carbocycles. The van der Waals surface area contributed by atoms with Crippen LogP contribution >= 0.6 is 0 Å². The first kappa shape index (κ1) is 18.1. The molecule has 0 bridgehead atoms. The molecule has 2 N–H and O–H groups in total. The molecule has 1 aromatic carbocycles. The molecule has 0 saturated carbocycles. The molecular weight excluding hydrogens is 309 g/mol. The summed E-state index contributed by atoms with van der Waals surface area (Å²) < 4.78 is 31.9. The molecule has 0 fully saturated rings. The zero-order chi connectivity index (χ0) is 15.6. The highest BCUT2D eigenvalue weighted by Crippen LogP contribution is 2.32. The third-order valence-corrected chi connectivity index (χ3v) is 3.84. The second-order valence-electron chi connectivity index (χ2n) is 4.73. The number of hydrogen-bond acceptors (Lipinski definition) is 3. The summed E-state index contributed by atoms with van der Waals surface area (Å²) in [5.74, 6) is 0.0570. The molecule has 0 aliphatic heterocycles. The molecule has 1 unspecified atom stereocenters. The number of aromatic nitrogens is 1. The number of methoxy groups -OCH3 is 1. The van der Waals surface area contributed by atoms with Gasteiger partial charge in [0.05, 0.1) is 12.9 Å². The van der Waals surface area contributed by atoms with E-state index in [1.165, 1.54) is 30.1 Å². The van der Waals surface area contributed by atoms with Gasteiger partial charge in [0.1, 0.15) is 11.6 Å². The molecule has 0 radical (unpaired) electrons. The zero-order valence-corrected chi connectivity index (χ0v) is 13.4. The summed E-state index contributed by atoms with van der Waals surface area (Å²) in [6.07, 6.45) is 3.18. The molecule has 0 aliphatic rings. The Bertz CT molecular complexity index is 758. The van der Waals surface area contributed by atoms with E-state index >= 15 is 0 Å². The lowest BCUT2D eigenvalue weighted by Crippen LogP contribution is -2.14. The number of ether oxygens (including phenoxy) is 1. The first-order valence-electron chi connectivity index (χ1n) is 6.26. The minimum absolute atomic E-state index is 0. The lowest BCUT2D eigenvalue weighted by molar-refractivity contribution is 0.412. The Morgan fingerprint density at radius 1 is 1.32 bits per heavy atom. The molecule has 7 heteroatoms. The van der Waals surface area contributed by atoms with Crippen molar-refractivity contribution in [1.29, 1.82) is 0 Å². The summed E-state index contributed by atoms with van der Waals surface area (Å²) in [5, 5.41) is 0. The summed E-state index contributed by atoms with van der Waals surface area (Å²) in [4.78, 5) is 11.5. The van der Waals surface area contributed by atoms with E-state index in [9.17, 15) is 13.4 Å². The molecular formula is C15H18FNO4S. The van der Waals surface area contributed by atoms with Gasteiger partial charge in [0.15, 0.2) is 0 Å². The van der Waals surface area contributed by atoms with E-state index in [1.54, 1.807) is 25.4 Å². The zero-order valence-electron chi connectivity index (χ0n) is 12.6. The SMILES string of the molecule is COc1cc(F)c(CS(C)=O)cc1-c1ccc(=O)n(C)c1.O. The van der Waals surface area contributed by atoms with Crippen molar-refractivity contribution < 1.29 is 18.8 Å². The van der Waals surface area contributed by atoms with Crippen molar-refractivity contribution in [3.63, 3.8) is 0 Å². The molecule has 0 spiro atoms. The number of aryl methyl sites for hydroxylation is 1. The van der Waals surface area contributed by atoms with E-state index in [-0.39, 0.29) is 16.8 Å². The van der Waals surface area contributed by atoms with Crippen molar-refractivity contribution in [3.05, 3.63) is 52.2 Å². The molecule has 5 nitrogen and oxygen atoms in total. The van der Waals surface area contributed by atoms with Crippen LogP contribution in [-0.4, -0.2) is 27.6 Å². The maximum Gasteiger partial charge on any atom is 0.250 e. The van der Waals surface area contributed by atoms with Gasteiger partial charge in [0, 0.05) is 59.1 Å². The fourth-order valence-electron chi connectivity index (χ4n) is 2.08. The van der Waals surface area contributed by atoms with Gasteiger partial charge in [-0.05, 0) is 12.1 Å². The quantitative estimate of drug-likeness (QED) is 0.848. The number of hydrogen-bond donors (Lipinski definition) is 0. The van der Waals surface area contributed by atoms with E-state index in [1.807, 2.05) is 0 Å². The van der Waals surface area contributed by atoms with Crippen molar-refractivity contribution in [1.82, 2.24) is 4.57 Å². The lowest BCUT2D eigenvalue weighted by atomic mass is 10.0. The summed E-state index contributed by atoms with van der Waals surface area (Å²) in [6, 6.07) is 6.00. The average molecular weight is 327 g/mol. The molecule has 120 valence electrons. The highest BCUT2D eigenvalue weighted by Gasteiger charge is 2.13. The number of halogens is 1. The van der Waals surface area contributed by atoms with Gasteiger partial charge >= 0.3 is 0 Å². The van der Waals surface area contributed by atoms with Crippen LogP contribution in [0, 0.1) is 5.82 Å². The number of nitrogens with zero attached hydrogens (tertiary/aromatic N) is 1.